The van der Waals surface area contributed by atoms with Gasteiger partial charge in [0.05, 0.1) is 5.75 Å². The summed E-state index contributed by atoms with van der Waals surface area (Å²) in [7, 11) is 0. The van der Waals surface area contributed by atoms with Gasteiger partial charge in [0.1, 0.15) is 0 Å². The molecule has 0 aliphatic heterocycles. The molecule has 1 aromatic heterocycles. The van der Waals surface area contributed by atoms with Crippen molar-refractivity contribution in [2.45, 2.75) is 5.03 Å². The molecule has 2 aromatic rings. The van der Waals surface area contributed by atoms with Gasteiger partial charge in [-0.15, -0.1) is 0 Å². The van der Waals surface area contributed by atoms with Crippen LogP contribution in [0.1, 0.15) is 10.4 Å². The molecule has 0 atom stereocenters. The van der Waals surface area contributed by atoms with Crippen LogP contribution < -0.4 is 15.6 Å². The zero-order chi connectivity index (χ0) is 15.9. The predicted molar refractivity (Wildman–Crippen MR) is 85.9 cm³/mol. The number of halogens is 1. The van der Waals surface area contributed by atoms with Gasteiger partial charge in [-0.05, 0) is 42.1 Å². The Labute approximate surface area is 139 Å². The Morgan fingerprint density at radius 1 is 1.14 bits per heavy atom. The highest BCUT2D eigenvalue weighted by Crippen LogP contribution is 2.12. The topological polar surface area (TPSA) is 85.1 Å². The van der Waals surface area contributed by atoms with E-state index >= 15 is 0 Å². The van der Waals surface area contributed by atoms with Crippen LogP contribution >= 0.6 is 27.7 Å². The monoisotopic (exact) mass is 381 g/mol. The fraction of sp³-hybridized carbons (Fsp3) is 0.0714. The fourth-order valence-corrected chi connectivity index (χ4v) is 2.48. The summed E-state index contributed by atoms with van der Waals surface area (Å²) >= 11 is 4.36. The van der Waals surface area contributed by atoms with Gasteiger partial charge < -0.3 is 5.21 Å². The number of aromatic nitrogens is 1. The summed E-state index contributed by atoms with van der Waals surface area (Å²) in [5, 5.41) is 11.8. The molecule has 2 amide bonds. The summed E-state index contributed by atoms with van der Waals surface area (Å²) in [6.45, 7) is 0. The highest BCUT2D eigenvalue weighted by molar-refractivity contribution is 9.10. The van der Waals surface area contributed by atoms with Crippen LogP contribution in [0.4, 0.5) is 0 Å². The molecular weight excluding hydrogens is 370 g/mol. The lowest BCUT2D eigenvalue weighted by atomic mass is 10.2. The van der Waals surface area contributed by atoms with E-state index in [2.05, 4.69) is 26.8 Å². The van der Waals surface area contributed by atoms with E-state index in [4.69, 9.17) is 0 Å². The van der Waals surface area contributed by atoms with E-state index in [1.54, 1.807) is 42.5 Å². The second-order valence-corrected chi connectivity index (χ2v) is 6.07. The minimum Gasteiger partial charge on any atom is -0.618 e. The van der Waals surface area contributed by atoms with Crippen LogP contribution in [0.15, 0.2) is 58.2 Å². The number of hydrogen-bond donors (Lipinski definition) is 2. The molecule has 0 spiro atoms. The van der Waals surface area contributed by atoms with Crippen molar-refractivity contribution in [3.63, 3.8) is 0 Å². The number of thioether (sulfide) groups is 1. The average Bonchev–Trinajstić information content (AvgIpc) is 2.52. The molecule has 0 bridgehead atoms. The molecule has 0 radical (unpaired) electrons. The summed E-state index contributed by atoms with van der Waals surface area (Å²) in [6, 6.07) is 11.7. The van der Waals surface area contributed by atoms with Crippen LogP contribution in [0.25, 0.3) is 0 Å². The molecule has 2 N–H and O–H groups in total. The van der Waals surface area contributed by atoms with E-state index in [1.807, 2.05) is 0 Å². The Kier molecular flexibility index (Phi) is 5.79. The number of nitrogens with zero attached hydrogens (tertiary/aromatic N) is 1. The van der Waals surface area contributed by atoms with Gasteiger partial charge in [0, 0.05) is 22.2 Å². The van der Waals surface area contributed by atoms with Crippen molar-refractivity contribution in [3.8, 4) is 0 Å². The molecule has 8 heteroatoms. The first-order valence-electron chi connectivity index (χ1n) is 6.22. The maximum absolute atomic E-state index is 11.8. The van der Waals surface area contributed by atoms with Crippen LogP contribution in [-0.4, -0.2) is 17.6 Å². The van der Waals surface area contributed by atoms with Gasteiger partial charge in [-0.25, -0.2) is 0 Å². The van der Waals surface area contributed by atoms with E-state index in [-0.39, 0.29) is 5.75 Å². The molecule has 0 saturated carbocycles. The van der Waals surface area contributed by atoms with Gasteiger partial charge in [-0.3, -0.25) is 20.4 Å². The Morgan fingerprint density at radius 2 is 1.86 bits per heavy atom. The summed E-state index contributed by atoms with van der Waals surface area (Å²) < 4.78 is 1.54. The molecule has 0 unspecified atom stereocenters. The minimum absolute atomic E-state index is 0.0207. The maximum atomic E-state index is 11.8. The van der Waals surface area contributed by atoms with Crippen molar-refractivity contribution in [1.29, 1.82) is 0 Å². The number of pyridine rings is 1. The molecule has 114 valence electrons. The van der Waals surface area contributed by atoms with E-state index in [1.165, 1.54) is 6.20 Å². The number of carbonyl (C=O) groups is 2. The molecule has 0 aliphatic rings. The largest absolute Gasteiger partial charge is 0.618 e. The second-order valence-electron chi connectivity index (χ2n) is 4.16. The number of amides is 2. The molecule has 2 rings (SSSR count). The van der Waals surface area contributed by atoms with Gasteiger partial charge in [0.15, 0.2) is 6.20 Å². The summed E-state index contributed by atoms with van der Waals surface area (Å²) in [6.07, 6.45) is 1.36. The molecule has 22 heavy (non-hydrogen) atoms. The molecule has 1 heterocycles. The highest BCUT2D eigenvalue weighted by Gasteiger charge is 2.10. The molecule has 0 fully saturated rings. The van der Waals surface area contributed by atoms with Crippen LogP contribution in [0.2, 0.25) is 0 Å². The van der Waals surface area contributed by atoms with Crippen molar-refractivity contribution in [2.75, 3.05) is 5.75 Å². The maximum Gasteiger partial charge on any atom is 0.269 e. The van der Waals surface area contributed by atoms with Crippen LogP contribution in [0.3, 0.4) is 0 Å². The first-order valence-corrected chi connectivity index (χ1v) is 8.00. The van der Waals surface area contributed by atoms with Gasteiger partial charge >= 0.3 is 0 Å². The van der Waals surface area contributed by atoms with E-state index in [9.17, 15) is 14.8 Å². The molecule has 6 nitrogen and oxygen atoms in total. The average molecular weight is 382 g/mol. The van der Waals surface area contributed by atoms with Crippen molar-refractivity contribution in [3.05, 3.63) is 63.9 Å². The van der Waals surface area contributed by atoms with Gasteiger partial charge in [-0.1, -0.05) is 15.9 Å². The van der Waals surface area contributed by atoms with E-state index in [0.717, 1.165) is 16.2 Å². The Hall–Kier alpha value is -2.06. The number of hydrazine groups is 1. The number of carbonyl (C=O) groups excluding carboxylic acids is 2. The van der Waals surface area contributed by atoms with Gasteiger partial charge in [0.2, 0.25) is 5.91 Å². The molecule has 0 saturated heterocycles. The zero-order valence-electron chi connectivity index (χ0n) is 11.3. The summed E-state index contributed by atoms with van der Waals surface area (Å²) in [4.78, 5) is 23.4. The lowest BCUT2D eigenvalue weighted by Gasteiger charge is -2.07. The quantitative estimate of drug-likeness (QED) is 0.364. The summed E-state index contributed by atoms with van der Waals surface area (Å²) in [5.74, 6) is -0.795. The highest BCUT2D eigenvalue weighted by atomic mass is 79.9. The molecular formula is C14H12BrN3O3S. The SMILES string of the molecule is O=C(CSc1cccc[n+]1[O-])NNC(=O)c1ccc(Br)cc1. The van der Waals surface area contributed by atoms with Crippen LogP contribution in [-0.2, 0) is 4.79 Å². The zero-order valence-corrected chi connectivity index (χ0v) is 13.7. The minimum atomic E-state index is -0.413. The number of benzene rings is 1. The second kappa shape index (κ2) is 7.81. The first-order chi connectivity index (χ1) is 10.6. The normalized spacial score (nSPS) is 10.0. The lowest BCUT2D eigenvalue weighted by Crippen LogP contribution is -2.42. The van der Waals surface area contributed by atoms with Crippen molar-refractivity contribution < 1.29 is 14.3 Å². The Morgan fingerprint density at radius 3 is 2.55 bits per heavy atom. The van der Waals surface area contributed by atoms with Crippen molar-refractivity contribution >= 4 is 39.5 Å². The van der Waals surface area contributed by atoms with Crippen LogP contribution in [0, 0.1) is 5.21 Å². The third kappa shape index (κ3) is 4.74. The third-order valence-electron chi connectivity index (χ3n) is 2.56. The standard InChI is InChI=1S/C14H12BrN3O3S/c15-11-6-4-10(5-7-11)14(20)17-16-12(19)9-22-13-3-1-2-8-18(13)21/h1-8H,9H2,(H,16,19)(H,17,20). The lowest BCUT2D eigenvalue weighted by molar-refractivity contribution is -0.645. The summed E-state index contributed by atoms with van der Waals surface area (Å²) in [5.41, 5.74) is 5.05. The van der Waals surface area contributed by atoms with Gasteiger partial charge in [-0.2, -0.15) is 4.73 Å². The smallest absolute Gasteiger partial charge is 0.269 e. The number of nitrogens with one attached hydrogen (secondary N) is 2. The van der Waals surface area contributed by atoms with E-state index < -0.39 is 11.8 Å². The van der Waals surface area contributed by atoms with Crippen molar-refractivity contribution in [1.82, 2.24) is 10.9 Å². The molecule has 0 aliphatic carbocycles. The molecule has 1 aromatic carbocycles. The predicted octanol–water partition coefficient (Wildman–Crippen LogP) is 1.64. The Bertz CT molecular complexity index is 679. The number of rotatable bonds is 4. The Balaban J connectivity index is 1.79. The third-order valence-corrected chi connectivity index (χ3v) is 4.11. The van der Waals surface area contributed by atoms with Crippen molar-refractivity contribution in [2.24, 2.45) is 0 Å². The number of hydrogen-bond acceptors (Lipinski definition) is 4. The van der Waals surface area contributed by atoms with E-state index in [0.29, 0.717) is 15.3 Å². The van der Waals surface area contributed by atoms with Crippen LogP contribution in [0.5, 0.6) is 0 Å². The first kappa shape index (κ1) is 16.3. The van der Waals surface area contributed by atoms with Gasteiger partial charge in [0.25, 0.3) is 10.9 Å². The fourth-order valence-electron chi connectivity index (χ4n) is 1.50.